The molecule has 1 atom stereocenters. The largest absolute Gasteiger partial charge is 0.256 e. The third kappa shape index (κ3) is 8.48. The summed E-state index contributed by atoms with van der Waals surface area (Å²) in [6, 6.07) is 48.8. The second-order valence-corrected chi connectivity index (χ2v) is 15.9. The Bertz CT molecular complexity index is 3230. The van der Waals surface area contributed by atoms with E-state index in [2.05, 4.69) is 172 Å². The number of fused-ring (bicyclic) bond motifs is 4. The monoisotopic (exact) mass is 803 g/mol. The third-order valence-corrected chi connectivity index (χ3v) is 11.9. The minimum atomic E-state index is 0.192. The van der Waals surface area contributed by atoms with Crippen LogP contribution in [0.15, 0.2) is 180 Å². The summed E-state index contributed by atoms with van der Waals surface area (Å²) in [5, 5.41) is 5.34. The first-order valence-electron chi connectivity index (χ1n) is 21.6. The average Bonchev–Trinajstić information content (AvgIpc) is 3.32. The van der Waals surface area contributed by atoms with Gasteiger partial charge < -0.3 is 0 Å². The number of pyridine rings is 3. The maximum absolute atomic E-state index is 5.41. The molecule has 1 aliphatic rings. The van der Waals surface area contributed by atoms with Crippen molar-refractivity contribution in [3.63, 3.8) is 0 Å². The van der Waals surface area contributed by atoms with Gasteiger partial charge in [-0.3, -0.25) is 9.97 Å². The Morgan fingerprint density at radius 2 is 1.37 bits per heavy atom. The smallest absolute Gasteiger partial charge is 0.160 e. The molecule has 0 saturated heterocycles. The normalized spacial score (nSPS) is 14.6. The van der Waals surface area contributed by atoms with Crippen LogP contribution in [0.4, 0.5) is 0 Å². The lowest BCUT2D eigenvalue weighted by Gasteiger charge is -2.18. The molecule has 0 amide bonds. The molecule has 0 saturated carbocycles. The number of allylic oxidation sites excluding steroid dienone is 5. The van der Waals surface area contributed by atoms with Gasteiger partial charge >= 0.3 is 0 Å². The van der Waals surface area contributed by atoms with E-state index in [1.165, 1.54) is 5.56 Å². The number of hydrogen-bond donors (Lipinski definition) is 0. The van der Waals surface area contributed by atoms with Gasteiger partial charge in [0.1, 0.15) is 0 Å². The third-order valence-electron chi connectivity index (χ3n) is 11.9. The molecule has 0 spiro atoms. The standard InChI is InChI=1S/C57H49N5/c1-5-40(34-41(6-2)53-31-30-46-29-28-45-21-15-33-59-55(45)56(46)60-53)49-35-48(38(3)24-25-42-26-27-44-20-14-32-58-54(44)39(42)4)36-50(37-49)52-23-13-22-51(43-16-9-7-10-17-43)61-57(62-52)47-18-11-8-12-19-47/h5,7-12,14-21,23,25-38H,4,6,13,22,24H2,1-3H3/b40-5+,41-34+,42-25-,52-23?,61-51?,62-57?. The molecule has 0 fully saturated rings. The topological polar surface area (TPSA) is 63.4 Å². The van der Waals surface area contributed by atoms with Crippen molar-refractivity contribution in [3.05, 3.63) is 214 Å². The van der Waals surface area contributed by atoms with Gasteiger partial charge in [0.05, 0.1) is 33.7 Å². The minimum absolute atomic E-state index is 0.192. The molecular formula is C57H49N5. The van der Waals surface area contributed by atoms with Crippen LogP contribution in [0, 0.1) is 0 Å². The maximum Gasteiger partial charge on any atom is 0.160 e. The van der Waals surface area contributed by atoms with Crippen molar-refractivity contribution in [2.45, 2.75) is 52.4 Å². The van der Waals surface area contributed by atoms with Crippen LogP contribution >= 0.6 is 0 Å². The lowest BCUT2D eigenvalue weighted by molar-refractivity contribution is 0.801. The Morgan fingerprint density at radius 1 is 0.694 bits per heavy atom. The van der Waals surface area contributed by atoms with Crippen molar-refractivity contribution in [2.24, 2.45) is 9.98 Å². The molecule has 8 aromatic rings. The lowest BCUT2D eigenvalue weighted by Crippen LogP contribution is -2.24. The van der Waals surface area contributed by atoms with E-state index in [4.69, 9.17) is 20.0 Å². The molecule has 302 valence electrons. The number of aliphatic imine (C=N–C) groups is 2. The van der Waals surface area contributed by atoms with E-state index >= 15 is 0 Å². The second kappa shape index (κ2) is 18.1. The molecule has 1 aliphatic heterocycles. The van der Waals surface area contributed by atoms with Crippen molar-refractivity contribution >= 4 is 73.8 Å². The first-order chi connectivity index (χ1) is 30.4. The molecule has 62 heavy (non-hydrogen) atoms. The highest BCUT2D eigenvalue weighted by Gasteiger charge is 2.17. The number of hydrogen-bond acceptors (Lipinski definition) is 5. The van der Waals surface area contributed by atoms with Crippen molar-refractivity contribution in [1.29, 1.82) is 0 Å². The highest BCUT2D eigenvalue weighted by Crippen LogP contribution is 2.34. The summed E-state index contributed by atoms with van der Waals surface area (Å²) in [4.78, 5) is 25.3. The van der Waals surface area contributed by atoms with E-state index in [1.807, 2.05) is 36.7 Å². The van der Waals surface area contributed by atoms with Crippen LogP contribution in [0.3, 0.4) is 0 Å². The van der Waals surface area contributed by atoms with Gasteiger partial charge in [0, 0.05) is 44.9 Å². The Kier molecular flexibility index (Phi) is 11.7. The molecule has 4 heterocycles. The number of aromatic nitrogens is 3. The first kappa shape index (κ1) is 40.1. The fourth-order valence-electron chi connectivity index (χ4n) is 8.34. The summed E-state index contributed by atoms with van der Waals surface area (Å²) >= 11 is 0. The molecular weight excluding hydrogens is 755 g/mol. The quantitative estimate of drug-likeness (QED) is 0.102. The highest BCUT2D eigenvalue weighted by atomic mass is 14.9. The van der Waals surface area contributed by atoms with Crippen molar-refractivity contribution in [3.8, 4) is 0 Å². The minimum Gasteiger partial charge on any atom is -0.256 e. The number of amidine groups is 1. The van der Waals surface area contributed by atoms with Gasteiger partial charge in [-0.2, -0.15) is 0 Å². The lowest BCUT2D eigenvalue weighted by atomic mass is 9.89. The van der Waals surface area contributed by atoms with Crippen molar-refractivity contribution in [1.82, 2.24) is 15.0 Å². The molecule has 5 nitrogen and oxygen atoms in total. The van der Waals surface area contributed by atoms with Crippen LogP contribution in [-0.2, 0) is 0 Å². The van der Waals surface area contributed by atoms with Crippen LogP contribution in [0.25, 0.3) is 62.2 Å². The summed E-state index contributed by atoms with van der Waals surface area (Å²) < 4.78 is 0. The predicted molar refractivity (Wildman–Crippen MR) is 263 cm³/mol. The Labute approximate surface area is 363 Å². The van der Waals surface area contributed by atoms with Crippen molar-refractivity contribution < 1.29 is 0 Å². The molecule has 0 N–H and O–H groups in total. The molecule has 3 aromatic heterocycles. The molecule has 5 heteroatoms. The zero-order valence-electron chi connectivity index (χ0n) is 35.6. The first-order valence-corrected chi connectivity index (χ1v) is 21.6. The van der Waals surface area contributed by atoms with Gasteiger partial charge in [-0.05, 0) is 108 Å². The Balaban J connectivity index is 1.16. The fourth-order valence-corrected chi connectivity index (χ4v) is 8.34. The van der Waals surface area contributed by atoms with E-state index in [-0.39, 0.29) is 5.92 Å². The zero-order chi connectivity index (χ0) is 42.4. The van der Waals surface area contributed by atoms with Gasteiger partial charge in [-0.1, -0.05) is 148 Å². The number of nitrogens with zero attached hydrogens (tertiary/aromatic N) is 5. The molecule has 0 bridgehead atoms. The SMILES string of the molecule is C=c1/c(=C\CC(C)c2cc(C3=CCCC(c4ccccc4)=NC(c4ccccc4)=N3)cc(C(=C/C)/C=C(\CC)c3ccc4ccc5cccnc5c4n3)c2)ccc2cccnc12. The maximum atomic E-state index is 5.41. The van der Waals surface area contributed by atoms with E-state index in [1.54, 1.807) is 0 Å². The number of rotatable bonds is 10. The summed E-state index contributed by atoms with van der Waals surface area (Å²) in [7, 11) is 0. The van der Waals surface area contributed by atoms with E-state index in [0.29, 0.717) is 5.84 Å². The average molecular weight is 804 g/mol. The fraction of sp³-hybridized carbons (Fsp3) is 0.140. The second-order valence-electron chi connectivity index (χ2n) is 15.9. The van der Waals surface area contributed by atoms with Crippen LogP contribution in [-0.4, -0.2) is 26.5 Å². The summed E-state index contributed by atoms with van der Waals surface area (Å²) in [5.74, 6) is 0.901. The molecule has 1 unspecified atom stereocenters. The summed E-state index contributed by atoms with van der Waals surface area (Å²) in [6.07, 6.45) is 16.1. The van der Waals surface area contributed by atoms with Gasteiger partial charge in [-0.15, -0.1) is 0 Å². The van der Waals surface area contributed by atoms with Gasteiger partial charge in [0.25, 0.3) is 0 Å². The molecule has 0 radical (unpaired) electrons. The molecule has 9 rings (SSSR count). The van der Waals surface area contributed by atoms with Gasteiger partial charge in [-0.25, -0.2) is 15.0 Å². The van der Waals surface area contributed by atoms with Gasteiger partial charge in [0.15, 0.2) is 5.84 Å². The van der Waals surface area contributed by atoms with Gasteiger partial charge in [0.2, 0.25) is 0 Å². The Morgan fingerprint density at radius 3 is 2.11 bits per heavy atom. The van der Waals surface area contributed by atoms with E-state index < -0.39 is 0 Å². The predicted octanol–water partition coefficient (Wildman–Crippen LogP) is 12.7. The highest BCUT2D eigenvalue weighted by molar-refractivity contribution is 6.14. The molecule has 5 aromatic carbocycles. The van der Waals surface area contributed by atoms with E-state index in [0.717, 1.165) is 119 Å². The van der Waals surface area contributed by atoms with E-state index in [9.17, 15) is 0 Å². The zero-order valence-corrected chi connectivity index (χ0v) is 35.6. The summed E-state index contributed by atoms with van der Waals surface area (Å²) in [6.45, 7) is 11.1. The van der Waals surface area contributed by atoms with Crippen LogP contribution in [0.5, 0.6) is 0 Å². The van der Waals surface area contributed by atoms with Crippen LogP contribution < -0.4 is 10.4 Å². The van der Waals surface area contributed by atoms with Crippen LogP contribution in [0.2, 0.25) is 0 Å². The summed E-state index contributed by atoms with van der Waals surface area (Å²) in [5.41, 5.74) is 13.5. The number of benzene rings is 5. The van der Waals surface area contributed by atoms with Crippen LogP contribution in [0.1, 0.15) is 85.9 Å². The Hall–Kier alpha value is -7.37. The van der Waals surface area contributed by atoms with Crippen molar-refractivity contribution in [2.75, 3.05) is 0 Å². The molecule has 0 aliphatic carbocycles.